The molecule has 2 aromatic rings. The predicted molar refractivity (Wildman–Crippen MR) is 63.5 cm³/mol. The molecule has 0 aliphatic rings. The van der Waals surface area contributed by atoms with E-state index in [0.717, 1.165) is 24.0 Å². The van der Waals surface area contributed by atoms with Gasteiger partial charge in [-0.05, 0) is 36.6 Å². The summed E-state index contributed by atoms with van der Waals surface area (Å²) in [6.45, 7) is 3.64. The van der Waals surface area contributed by atoms with Gasteiger partial charge in [-0.25, -0.2) is 0 Å². The summed E-state index contributed by atoms with van der Waals surface area (Å²) in [5.74, 6) is 0.0837. The molecule has 0 unspecified atom stereocenters. The van der Waals surface area contributed by atoms with Gasteiger partial charge in [-0.1, -0.05) is 6.58 Å². The number of Topliss-reactive ketones (excluding diaryl/α,β-unsaturated/α-hetero) is 1. The van der Waals surface area contributed by atoms with Crippen LogP contribution in [0, 0.1) is 0 Å². The van der Waals surface area contributed by atoms with Crippen molar-refractivity contribution in [3.05, 3.63) is 36.0 Å². The molecule has 0 aliphatic heterocycles. The van der Waals surface area contributed by atoms with Crippen molar-refractivity contribution in [1.82, 2.24) is 5.32 Å². The predicted octanol–water partition coefficient (Wildman–Crippen LogP) is 2.50. The molecule has 3 heteroatoms. The van der Waals surface area contributed by atoms with Crippen LogP contribution in [0.3, 0.4) is 0 Å². The zero-order valence-electron chi connectivity index (χ0n) is 9.38. The number of aryl methyl sites for hydroxylation is 1. The molecule has 0 aromatic carbocycles. The Kier molecular flexibility index (Phi) is 2.95. The average molecular weight is 217 g/mol. The Morgan fingerprint density at radius 3 is 2.88 bits per heavy atom. The van der Waals surface area contributed by atoms with E-state index in [1.165, 1.54) is 5.56 Å². The molecule has 0 aliphatic carbocycles. The van der Waals surface area contributed by atoms with Crippen molar-refractivity contribution in [2.24, 2.45) is 0 Å². The van der Waals surface area contributed by atoms with E-state index in [9.17, 15) is 4.79 Å². The molecule has 0 saturated heterocycles. The maximum atomic E-state index is 11.5. The van der Waals surface area contributed by atoms with Crippen LogP contribution >= 0.6 is 0 Å². The highest BCUT2D eigenvalue weighted by molar-refractivity contribution is 5.94. The van der Waals surface area contributed by atoms with Crippen molar-refractivity contribution in [2.75, 3.05) is 7.05 Å². The van der Waals surface area contributed by atoms with Crippen LogP contribution in [0.4, 0.5) is 0 Å². The standard InChI is InChI=1S/C13H15NO2/c1-9(14-2)12(15)5-3-4-10-8-11-6-7-13(10)16-11/h6-8,14H,1,3-5H2,2H3. The molecule has 2 heterocycles. The van der Waals surface area contributed by atoms with Gasteiger partial charge >= 0.3 is 0 Å². The third kappa shape index (κ3) is 2.08. The van der Waals surface area contributed by atoms with Crippen LogP contribution in [-0.2, 0) is 11.2 Å². The van der Waals surface area contributed by atoms with Gasteiger partial charge in [0.05, 0.1) is 5.70 Å². The Morgan fingerprint density at radius 2 is 2.31 bits per heavy atom. The van der Waals surface area contributed by atoms with Gasteiger partial charge in [-0.15, -0.1) is 0 Å². The lowest BCUT2D eigenvalue weighted by molar-refractivity contribution is -0.115. The quantitative estimate of drug-likeness (QED) is 0.756. The topological polar surface area (TPSA) is 42.2 Å². The number of furan rings is 2. The van der Waals surface area contributed by atoms with Gasteiger partial charge in [0.25, 0.3) is 0 Å². The van der Waals surface area contributed by atoms with Crippen LogP contribution in [0.2, 0.25) is 0 Å². The normalized spacial score (nSPS) is 10.8. The number of ketones is 1. The molecule has 0 saturated carbocycles. The van der Waals surface area contributed by atoms with Crippen LogP contribution in [0.15, 0.2) is 34.9 Å². The highest BCUT2D eigenvalue weighted by atomic mass is 16.3. The minimum absolute atomic E-state index is 0.0837. The molecular weight excluding hydrogens is 202 g/mol. The third-order valence-electron chi connectivity index (χ3n) is 2.75. The Balaban J connectivity index is 1.82. The van der Waals surface area contributed by atoms with Gasteiger partial charge < -0.3 is 9.73 Å². The fourth-order valence-corrected chi connectivity index (χ4v) is 1.77. The highest BCUT2D eigenvalue weighted by Crippen LogP contribution is 2.23. The zero-order chi connectivity index (χ0) is 11.5. The summed E-state index contributed by atoms with van der Waals surface area (Å²) in [5, 5.41) is 2.77. The first-order valence-electron chi connectivity index (χ1n) is 5.41. The second kappa shape index (κ2) is 4.39. The van der Waals surface area contributed by atoms with E-state index in [1.807, 2.05) is 18.2 Å². The molecule has 2 bridgehead atoms. The first-order chi connectivity index (χ1) is 7.70. The van der Waals surface area contributed by atoms with Crippen molar-refractivity contribution >= 4 is 16.9 Å². The van der Waals surface area contributed by atoms with E-state index in [-0.39, 0.29) is 5.78 Å². The van der Waals surface area contributed by atoms with Crippen molar-refractivity contribution < 1.29 is 9.21 Å². The smallest absolute Gasteiger partial charge is 0.178 e. The molecule has 0 amide bonds. The van der Waals surface area contributed by atoms with E-state index in [0.29, 0.717) is 12.1 Å². The number of allylic oxidation sites excluding steroid dienone is 1. The lowest BCUT2D eigenvalue weighted by Crippen LogP contribution is -2.14. The lowest BCUT2D eigenvalue weighted by atomic mass is 10.1. The third-order valence-corrected chi connectivity index (χ3v) is 2.75. The maximum absolute atomic E-state index is 11.5. The highest BCUT2D eigenvalue weighted by Gasteiger charge is 2.09. The van der Waals surface area contributed by atoms with E-state index in [2.05, 4.69) is 11.9 Å². The molecule has 84 valence electrons. The Morgan fingerprint density at radius 1 is 1.50 bits per heavy atom. The van der Waals surface area contributed by atoms with Crippen molar-refractivity contribution in [3.63, 3.8) is 0 Å². The summed E-state index contributed by atoms with van der Waals surface area (Å²) < 4.78 is 5.43. The van der Waals surface area contributed by atoms with Gasteiger partial charge in [-0.3, -0.25) is 4.79 Å². The number of hydrogen-bond acceptors (Lipinski definition) is 3. The molecule has 3 nitrogen and oxygen atoms in total. The molecule has 0 fully saturated rings. The van der Waals surface area contributed by atoms with E-state index >= 15 is 0 Å². The van der Waals surface area contributed by atoms with Gasteiger partial charge in [0.15, 0.2) is 5.78 Å². The molecule has 0 radical (unpaired) electrons. The Hall–Kier alpha value is -1.77. The molecule has 2 aromatic heterocycles. The largest absolute Gasteiger partial charge is 0.457 e. The average Bonchev–Trinajstić information content (AvgIpc) is 2.89. The van der Waals surface area contributed by atoms with E-state index in [1.54, 1.807) is 7.05 Å². The van der Waals surface area contributed by atoms with E-state index < -0.39 is 0 Å². The van der Waals surface area contributed by atoms with Gasteiger partial charge in [0.1, 0.15) is 11.2 Å². The molecule has 16 heavy (non-hydrogen) atoms. The van der Waals surface area contributed by atoms with Gasteiger partial charge in [0.2, 0.25) is 0 Å². The summed E-state index contributed by atoms with van der Waals surface area (Å²) in [5.41, 5.74) is 3.53. The molecular formula is C13H15NO2. The van der Waals surface area contributed by atoms with Crippen LogP contribution in [0.25, 0.3) is 11.2 Å². The number of fused-ring (bicyclic) bond motifs is 2. The van der Waals surface area contributed by atoms with Gasteiger partial charge in [0, 0.05) is 13.5 Å². The number of nitrogens with one attached hydrogen (secondary N) is 1. The maximum Gasteiger partial charge on any atom is 0.178 e. The number of benzene rings is 1. The summed E-state index contributed by atoms with van der Waals surface area (Å²) >= 11 is 0. The summed E-state index contributed by atoms with van der Waals surface area (Å²) in [6, 6.07) is 5.96. The summed E-state index contributed by atoms with van der Waals surface area (Å²) in [6.07, 6.45) is 2.24. The fraction of sp³-hybridized carbons (Fsp3) is 0.308. The molecule has 1 N–H and O–H groups in total. The second-order valence-electron chi connectivity index (χ2n) is 3.88. The summed E-state index contributed by atoms with van der Waals surface area (Å²) in [4.78, 5) is 11.5. The molecule has 2 rings (SSSR count). The van der Waals surface area contributed by atoms with Gasteiger partial charge in [-0.2, -0.15) is 0 Å². The van der Waals surface area contributed by atoms with Crippen LogP contribution < -0.4 is 5.32 Å². The monoisotopic (exact) mass is 217 g/mol. The van der Waals surface area contributed by atoms with Crippen LogP contribution in [0.1, 0.15) is 18.4 Å². The van der Waals surface area contributed by atoms with Crippen molar-refractivity contribution in [1.29, 1.82) is 0 Å². The number of carbonyl (C=O) groups is 1. The molecule has 0 atom stereocenters. The molecule has 0 spiro atoms. The summed E-state index contributed by atoms with van der Waals surface area (Å²) in [7, 11) is 1.71. The van der Waals surface area contributed by atoms with E-state index in [4.69, 9.17) is 4.42 Å². The first-order valence-corrected chi connectivity index (χ1v) is 5.41. The van der Waals surface area contributed by atoms with Crippen molar-refractivity contribution in [3.8, 4) is 0 Å². The number of likely N-dealkylation sites (N-methyl/N-ethyl adjacent to an activating group) is 1. The number of hydrogen-bond donors (Lipinski definition) is 1. The van der Waals surface area contributed by atoms with Crippen LogP contribution in [-0.4, -0.2) is 12.8 Å². The van der Waals surface area contributed by atoms with Crippen molar-refractivity contribution in [2.45, 2.75) is 19.3 Å². The Labute approximate surface area is 94.5 Å². The Bertz CT molecular complexity index is 498. The minimum Gasteiger partial charge on any atom is -0.457 e. The van der Waals surface area contributed by atoms with Crippen LogP contribution in [0.5, 0.6) is 0 Å². The lowest BCUT2D eigenvalue weighted by Gasteiger charge is -2.02. The number of carbonyl (C=O) groups excluding carboxylic acids is 1. The first kappa shape index (κ1) is 10.7. The SMILES string of the molecule is C=C(NC)C(=O)CCCc1cc2ccc1o2. The second-order valence-corrected chi connectivity index (χ2v) is 3.88. The fourth-order valence-electron chi connectivity index (χ4n) is 1.77. The minimum atomic E-state index is 0.0837. The zero-order valence-corrected chi connectivity index (χ0v) is 9.38. The number of rotatable bonds is 6.